The number of piperazine rings is 1. The summed E-state index contributed by atoms with van der Waals surface area (Å²) in [7, 11) is 0. The molecule has 2 aromatic heterocycles. The summed E-state index contributed by atoms with van der Waals surface area (Å²) in [5.41, 5.74) is 7.05. The molecule has 2 N–H and O–H groups in total. The van der Waals surface area contributed by atoms with E-state index in [1.54, 1.807) is 12.4 Å². The number of aryl methyl sites for hydroxylation is 2. The third-order valence-electron chi connectivity index (χ3n) is 4.22. The van der Waals surface area contributed by atoms with Gasteiger partial charge in [-0.25, -0.2) is 19.9 Å². The van der Waals surface area contributed by atoms with Crippen LogP contribution in [0.3, 0.4) is 0 Å². The van der Waals surface area contributed by atoms with Gasteiger partial charge in [0.1, 0.15) is 12.3 Å². The number of hydrogen-bond acceptors (Lipinski definition) is 6. The molecule has 25 heavy (non-hydrogen) atoms. The zero-order valence-electron chi connectivity index (χ0n) is 14.9. The molecule has 0 spiro atoms. The van der Waals surface area contributed by atoms with E-state index in [2.05, 4.69) is 36.7 Å². The van der Waals surface area contributed by atoms with Gasteiger partial charge in [-0.05, 0) is 19.4 Å². The highest BCUT2D eigenvalue weighted by Gasteiger charge is 2.20. The highest BCUT2D eigenvalue weighted by Crippen LogP contribution is 2.14. The maximum Gasteiger partial charge on any atom is 0.225 e. The molecule has 0 saturated carbocycles. The number of nitrogens with two attached hydrogens (primary N) is 1. The first-order chi connectivity index (χ1) is 12.2. The molecule has 1 fully saturated rings. The van der Waals surface area contributed by atoms with E-state index >= 15 is 0 Å². The summed E-state index contributed by atoms with van der Waals surface area (Å²) >= 11 is 0. The van der Waals surface area contributed by atoms with E-state index in [0.717, 1.165) is 62.3 Å². The number of aromatic nitrogens is 3. The minimum absolute atomic E-state index is 0.427. The predicted molar refractivity (Wildman–Crippen MR) is 96.4 cm³/mol. The zero-order valence-corrected chi connectivity index (χ0v) is 14.9. The van der Waals surface area contributed by atoms with E-state index in [-0.39, 0.29) is 0 Å². The van der Waals surface area contributed by atoms with E-state index < -0.39 is 0 Å². The summed E-state index contributed by atoms with van der Waals surface area (Å²) in [5.74, 6) is 2.88. The van der Waals surface area contributed by atoms with Crippen molar-refractivity contribution in [2.45, 2.75) is 33.2 Å². The number of anilines is 1. The molecule has 2 aromatic rings. The summed E-state index contributed by atoms with van der Waals surface area (Å²) in [6.07, 6.45) is 5.39. The lowest BCUT2D eigenvalue weighted by Gasteiger charge is -2.35. The SMILES string of the molecule is CCCc1nc(C)c(CN=C(N)N2CCN(c3ncccn3)CC2)o1. The Bertz CT molecular complexity index is 705. The fraction of sp³-hybridized carbons (Fsp3) is 0.529. The van der Waals surface area contributed by atoms with Gasteiger partial charge in [0, 0.05) is 45.0 Å². The van der Waals surface area contributed by atoms with Crippen molar-refractivity contribution in [2.75, 3.05) is 31.1 Å². The molecule has 3 heterocycles. The van der Waals surface area contributed by atoms with Crippen molar-refractivity contribution in [2.24, 2.45) is 10.7 Å². The molecule has 0 bridgehead atoms. The second kappa shape index (κ2) is 7.96. The predicted octanol–water partition coefficient (Wildman–Crippen LogP) is 1.36. The van der Waals surface area contributed by atoms with Gasteiger partial charge >= 0.3 is 0 Å². The molecule has 8 heteroatoms. The number of guanidine groups is 1. The van der Waals surface area contributed by atoms with Crippen LogP contribution in [-0.4, -0.2) is 52.0 Å². The van der Waals surface area contributed by atoms with Crippen LogP contribution in [0.15, 0.2) is 27.9 Å². The second-order valence-electron chi connectivity index (χ2n) is 6.06. The first-order valence-electron chi connectivity index (χ1n) is 8.69. The standard InChI is InChI=1S/C17H25N7O/c1-3-5-15-22-13(2)14(25-15)12-21-16(18)23-8-10-24(11-9-23)17-19-6-4-7-20-17/h4,6-7H,3,5,8-12H2,1-2H3,(H2,18,21). The van der Waals surface area contributed by atoms with Crippen LogP contribution in [0.2, 0.25) is 0 Å². The van der Waals surface area contributed by atoms with Crippen LogP contribution in [0.1, 0.15) is 30.7 Å². The van der Waals surface area contributed by atoms with Gasteiger partial charge in [-0.1, -0.05) is 6.92 Å². The van der Waals surface area contributed by atoms with Gasteiger partial charge in [0.25, 0.3) is 0 Å². The molecule has 0 radical (unpaired) electrons. The Labute approximate surface area is 147 Å². The second-order valence-corrected chi connectivity index (χ2v) is 6.06. The third-order valence-corrected chi connectivity index (χ3v) is 4.22. The molecule has 1 aliphatic heterocycles. The Balaban J connectivity index is 1.55. The van der Waals surface area contributed by atoms with E-state index in [9.17, 15) is 0 Å². The van der Waals surface area contributed by atoms with Crippen molar-refractivity contribution in [1.82, 2.24) is 19.9 Å². The minimum atomic E-state index is 0.427. The van der Waals surface area contributed by atoms with Crippen molar-refractivity contribution >= 4 is 11.9 Å². The minimum Gasteiger partial charge on any atom is -0.443 e. The molecular formula is C17H25N7O. The number of aliphatic imine (C=N–C) groups is 1. The summed E-state index contributed by atoms with van der Waals surface area (Å²) in [6, 6.07) is 1.82. The van der Waals surface area contributed by atoms with Crippen LogP contribution in [0.5, 0.6) is 0 Å². The van der Waals surface area contributed by atoms with Gasteiger partial charge < -0.3 is 20.0 Å². The fourth-order valence-corrected chi connectivity index (χ4v) is 2.80. The van der Waals surface area contributed by atoms with Crippen LogP contribution in [0, 0.1) is 6.92 Å². The lowest BCUT2D eigenvalue weighted by Crippen LogP contribution is -2.51. The quantitative estimate of drug-likeness (QED) is 0.647. The smallest absolute Gasteiger partial charge is 0.225 e. The molecule has 0 amide bonds. The Hall–Kier alpha value is -2.64. The normalized spacial score (nSPS) is 15.7. The highest BCUT2D eigenvalue weighted by molar-refractivity contribution is 5.78. The third kappa shape index (κ3) is 4.26. The molecule has 1 aliphatic rings. The van der Waals surface area contributed by atoms with Gasteiger partial charge in [0.2, 0.25) is 5.95 Å². The number of rotatable bonds is 5. The number of nitrogens with zero attached hydrogens (tertiary/aromatic N) is 6. The number of oxazole rings is 1. The molecular weight excluding hydrogens is 318 g/mol. The van der Waals surface area contributed by atoms with Crippen molar-refractivity contribution in [3.05, 3.63) is 35.8 Å². The van der Waals surface area contributed by atoms with Crippen molar-refractivity contribution < 1.29 is 4.42 Å². The van der Waals surface area contributed by atoms with E-state index in [1.807, 2.05) is 13.0 Å². The lowest BCUT2D eigenvalue weighted by molar-refractivity contribution is 0.376. The lowest BCUT2D eigenvalue weighted by atomic mass is 10.3. The highest BCUT2D eigenvalue weighted by atomic mass is 16.4. The molecule has 0 aliphatic carbocycles. The van der Waals surface area contributed by atoms with E-state index in [1.165, 1.54) is 0 Å². The maximum atomic E-state index is 6.16. The van der Waals surface area contributed by atoms with Gasteiger partial charge in [-0.3, -0.25) is 0 Å². The van der Waals surface area contributed by atoms with Gasteiger partial charge in [-0.15, -0.1) is 0 Å². The van der Waals surface area contributed by atoms with Crippen LogP contribution >= 0.6 is 0 Å². The zero-order chi connectivity index (χ0) is 17.6. The summed E-state index contributed by atoms with van der Waals surface area (Å²) in [5, 5.41) is 0. The molecule has 0 unspecified atom stereocenters. The summed E-state index contributed by atoms with van der Waals surface area (Å²) in [4.78, 5) is 21.7. The molecule has 134 valence electrons. The molecule has 0 atom stereocenters. The van der Waals surface area contributed by atoms with Crippen molar-refractivity contribution in [3.8, 4) is 0 Å². The Morgan fingerprint density at radius 1 is 1.24 bits per heavy atom. The Kier molecular flexibility index (Phi) is 5.47. The molecule has 8 nitrogen and oxygen atoms in total. The van der Waals surface area contributed by atoms with Crippen LogP contribution < -0.4 is 10.6 Å². The fourth-order valence-electron chi connectivity index (χ4n) is 2.80. The Morgan fingerprint density at radius 2 is 1.96 bits per heavy atom. The monoisotopic (exact) mass is 343 g/mol. The molecule has 3 rings (SSSR count). The van der Waals surface area contributed by atoms with E-state index in [4.69, 9.17) is 10.2 Å². The molecule has 0 aromatic carbocycles. The first kappa shape index (κ1) is 17.2. The summed E-state index contributed by atoms with van der Waals surface area (Å²) < 4.78 is 5.75. The van der Waals surface area contributed by atoms with Gasteiger partial charge in [0.15, 0.2) is 11.9 Å². The Morgan fingerprint density at radius 3 is 2.64 bits per heavy atom. The van der Waals surface area contributed by atoms with Crippen LogP contribution in [0.25, 0.3) is 0 Å². The maximum absolute atomic E-state index is 6.16. The topological polar surface area (TPSA) is 96.7 Å². The largest absolute Gasteiger partial charge is 0.443 e. The van der Waals surface area contributed by atoms with Gasteiger partial charge in [-0.2, -0.15) is 0 Å². The average Bonchev–Trinajstić information content (AvgIpc) is 3.00. The van der Waals surface area contributed by atoms with Crippen LogP contribution in [0.4, 0.5) is 5.95 Å². The van der Waals surface area contributed by atoms with E-state index in [0.29, 0.717) is 12.5 Å². The van der Waals surface area contributed by atoms with Crippen molar-refractivity contribution in [3.63, 3.8) is 0 Å². The van der Waals surface area contributed by atoms with Crippen LogP contribution in [-0.2, 0) is 13.0 Å². The first-order valence-corrected chi connectivity index (χ1v) is 8.69. The van der Waals surface area contributed by atoms with Gasteiger partial charge in [0.05, 0.1) is 5.69 Å². The average molecular weight is 343 g/mol. The number of hydrogen-bond donors (Lipinski definition) is 1. The summed E-state index contributed by atoms with van der Waals surface area (Å²) in [6.45, 7) is 7.72. The molecule has 1 saturated heterocycles. The van der Waals surface area contributed by atoms with Crippen molar-refractivity contribution in [1.29, 1.82) is 0 Å².